The van der Waals surface area contributed by atoms with E-state index in [1.165, 1.54) is 32.1 Å². The van der Waals surface area contributed by atoms with Crippen LogP contribution in [0, 0.1) is 11.8 Å². The molecule has 0 spiro atoms. The Morgan fingerprint density at radius 1 is 1.15 bits per heavy atom. The Labute approximate surface area is 160 Å². The van der Waals surface area contributed by atoms with Gasteiger partial charge in [-0.3, -0.25) is 0 Å². The van der Waals surface area contributed by atoms with E-state index in [1.807, 2.05) is 12.1 Å². The Bertz CT molecular complexity index is 794. The van der Waals surface area contributed by atoms with Crippen LogP contribution in [0.25, 0.3) is 0 Å². The monoisotopic (exact) mass is 370 g/mol. The highest BCUT2D eigenvalue weighted by molar-refractivity contribution is 5.39. The van der Waals surface area contributed by atoms with Crippen molar-refractivity contribution >= 4 is 0 Å². The zero-order valence-electron chi connectivity index (χ0n) is 16.2. The van der Waals surface area contributed by atoms with Gasteiger partial charge in [-0.2, -0.15) is 0 Å². The van der Waals surface area contributed by atoms with Gasteiger partial charge in [0.1, 0.15) is 17.3 Å². The summed E-state index contributed by atoms with van der Waals surface area (Å²) in [5.41, 5.74) is -0.0379. The highest BCUT2D eigenvalue weighted by atomic mass is 16.4. The summed E-state index contributed by atoms with van der Waals surface area (Å²) in [5.74, 6) is 2.49. The first-order valence-corrected chi connectivity index (χ1v) is 10.6. The van der Waals surface area contributed by atoms with Crippen LogP contribution in [0.5, 0.6) is 5.75 Å². The SMILES string of the molecule is CCC(CC1CCCCC1)c1cc(O)c(C(c2ccco2)C2CC2)c(=O)o1. The maximum Gasteiger partial charge on any atom is 0.343 e. The molecule has 2 saturated carbocycles. The molecular formula is C23H30O4. The topological polar surface area (TPSA) is 63.6 Å². The molecule has 2 atom stereocenters. The molecule has 2 aliphatic carbocycles. The fourth-order valence-corrected chi connectivity index (χ4v) is 4.81. The number of furan rings is 1. The Balaban J connectivity index is 1.61. The summed E-state index contributed by atoms with van der Waals surface area (Å²) in [7, 11) is 0. The van der Waals surface area contributed by atoms with Crippen LogP contribution in [0.15, 0.2) is 38.1 Å². The van der Waals surface area contributed by atoms with E-state index in [0.29, 0.717) is 23.2 Å². The normalized spacial score (nSPS) is 20.5. The van der Waals surface area contributed by atoms with E-state index in [4.69, 9.17) is 8.83 Å². The molecule has 2 fully saturated rings. The quantitative estimate of drug-likeness (QED) is 0.654. The number of hydrogen-bond acceptors (Lipinski definition) is 4. The highest BCUT2D eigenvalue weighted by Crippen LogP contribution is 2.48. The molecule has 4 heteroatoms. The van der Waals surface area contributed by atoms with E-state index in [2.05, 4.69) is 6.92 Å². The number of aromatic hydroxyl groups is 1. The van der Waals surface area contributed by atoms with Crippen molar-refractivity contribution in [3.05, 3.63) is 52.0 Å². The molecular weight excluding hydrogens is 340 g/mol. The molecule has 1 N–H and O–H groups in total. The van der Waals surface area contributed by atoms with Gasteiger partial charge in [-0.15, -0.1) is 0 Å². The predicted octanol–water partition coefficient (Wildman–Crippen LogP) is 5.94. The van der Waals surface area contributed by atoms with Gasteiger partial charge in [0, 0.05) is 12.0 Å². The summed E-state index contributed by atoms with van der Waals surface area (Å²) in [6.45, 7) is 2.13. The second-order valence-electron chi connectivity index (χ2n) is 8.41. The largest absolute Gasteiger partial charge is 0.507 e. The van der Waals surface area contributed by atoms with Gasteiger partial charge in [0.2, 0.25) is 0 Å². The van der Waals surface area contributed by atoms with Crippen LogP contribution in [0.2, 0.25) is 0 Å². The van der Waals surface area contributed by atoms with Gasteiger partial charge in [0.15, 0.2) is 0 Å². The summed E-state index contributed by atoms with van der Waals surface area (Å²) in [6.07, 6.45) is 12.2. The van der Waals surface area contributed by atoms with Crippen LogP contribution < -0.4 is 5.63 Å². The van der Waals surface area contributed by atoms with Gasteiger partial charge in [-0.05, 0) is 49.7 Å². The molecule has 2 aliphatic rings. The van der Waals surface area contributed by atoms with Gasteiger partial charge in [0.05, 0.1) is 17.7 Å². The van der Waals surface area contributed by atoms with Gasteiger partial charge < -0.3 is 13.9 Å². The van der Waals surface area contributed by atoms with Crippen molar-refractivity contribution in [1.82, 2.24) is 0 Å². The van der Waals surface area contributed by atoms with Crippen molar-refractivity contribution in [2.75, 3.05) is 0 Å². The maximum absolute atomic E-state index is 12.9. The Kier molecular flexibility index (Phi) is 5.42. The second kappa shape index (κ2) is 7.95. The predicted molar refractivity (Wildman–Crippen MR) is 104 cm³/mol. The summed E-state index contributed by atoms with van der Waals surface area (Å²) in [6, 6.07) is 5.41. The Morgan fingerprint density at radius 3 is 2.52 bits per heavy atom. The van der Waals surface area contributed by atoms with Gasteiger partial charge in [-0.1, -0.05) is 39.0 Å². The van der Waals surface area contributed by atoms with E-state index in [-0.39, 0.29) is 17.6 Å². The highest BCUT2D eigenvalue weighted by Gasteiger charge is 2.39. The molecule has 0 saturated heterocycles. The lowest BCUT2D eigenvalue weighted by Gasteiger charge is -2.25. The third kappa shape index (κ3) is 3.99. The standard InChI is InChI=1S/C23H30O4/c1-2-16(13-15-7-4-3-5-8-15)20-14-18(24)22(23(25)27-20)21(17-10-11-17)19-9-6-12-26-19/h6,9,12,14-17,21,24H,2-5,7-8,10-11,13H2,1H3. The van der Waals surface area contributed by atoms with Crippen LogP contribution in [-0.4, -0.2) is 5.11 Å². The van der Waals surface area contributed by atoms with E-state index in [9.17, 15) is 9.90 Å². The van der Waals surface area contributed by atoms with E-state index in [1.54, 1.807) is 12.3 Å². The average Bonchev–Trinajstić information content (AvgIpc) is 3.36. The zero-order valence-corrected chi connectivity index (χ0v) is 16.2. The summed E-state index contributed by atoms with van der Waals surface area (Å²) < 4.78 is 11.4. The summed E-state index contributed by atoms with van der Waals surface area (Å²) in [5, 5.41) is 10.8. The Morgan fingerprint density at radius 2 is 1.93 bits per heavy atom. The molecule has 0 bridgehead atoms. The molecule has 2 aromatic rings. The van der Waals surface area contributed by atoms with Crippen molar-refractivity contribution in [3.63, 3.8) is 0 Å². The van der Waals surface area contributed by atoms with E-state index in [0.717, 1.165) is 31.4 Å². The van der Waals surface area contributed by atoms with Crippen LogP contribution in [-0.2, 0) is 0 Å². The lowest BCUT2D eigenvalue weighted by atomic mass is 9.81. The zero-order chi connectivity index (χ0) is 18.8. The molecule has 0 aliphatic heterocycles. The van der Waals surface area contributed by atoms with Crippen molar-refractivity contribution in [2.45, 2.75) is 76.5 Å². The molecule has 4 rings (SSSR count). The first-order valence-electron chi connectivity index (χ1n) is 10.6. The van der Waals surface area contributed by atoms with Gasteiger partial charge in [0.25, 0.3) is 0 Å². The van der Waals surface area contributed by atoms with Crippen LogP contribution in [0.3, 0.4) is 0 Å². The first kappa shape index (κ1) is 18.4. The van der Waals surface area contributed by atoms with Crippen LogP contribution in [0.4, 0.5) is 0 Å². The van der Waals surface area contributed by atoms with Crippen LogP contribution in [0.1, 0.15) is 93.6 Å². The lowest BCUT2D eigenvalue weighted by molar-refractivity contribution is 0.289. The van der Waals surface area contributed by atoms with Gasteiger partial charge in [-0.25, -0.2) is 4.79 Å². The third-order valence-corrected chi connectivity index (χ3v) is 6.48. The molecule has 0 aromatic carbocycles. The molecule has 0 radical (unpaired) electrons. The van der Waals surface area contributed by atoms with E-state index >= 15 is 0 Å². The Hall–Kier alpha value is -1.97. The fourth-order valence-electron chi connectivity index (χ4n) is 4.81. The smallest absolute Gasteiger partial charge is 0.343 e. The van der Waals surface area contributed by atoms with Gasteiger partial charge >= 0.3 is 5.63 Å². The maximum atomic E-state index is 12.9. The summed E-state index contributed by atoms with van der Waals surface area (Å²) in [4.78, 5) is 12.9. The molecule has 2 unspecified atom stereocenters. The average molecular weight is 370 g/mol. The minimum Gasteiger partial charge on any atom is -0.507 e. The van der Waals surface area contributed by atoms with Crippen LogP contribution >= 0.6 is 0 Å². The molecule has 0 amide bonds. The molecule has 27 heavy (non-hydrogen) atoms. The molecule has 146 valence electrons. The fraction of sp³-hybridized carbons (Fsp3) is 0.609. The molecule has 2 heterocycles. The minimum absolute atomic E-state index is 0.0663. The third-order valence-electron chi connectivity index (χ3n) is 6.48. The minimum atomic E-state index is -0.402. The van der Waals surface area contributed by atoms with Crippen molar-refractivity contribution in [3.8, 4) is 5.75 Å². The van der Waals surface area contributed by atoms with Crippen molar-refractivity contribution < 1.29 is 13.9 Å². The van der Waals surface area contributed by atoms with Crippen molar-refractivity contribution in [2.24, 2.45) is 11.8 Å². The number of rotatable bonds is 7. The molecule has 2 aromatic heterocycles. The number of hydrogen-bond donors (Lipinski definition) is 1. The van der Waals surface area contributed by atoms with E-state index < -0.39 is 5.63 Å². The van der Waals surface area contributed by atoms with Crippen molar-refractivity contribution in [1.29, 1.82) is 0 Å². The first-order chi connectivity index (χ1) is 13.2. The lowest BCUT2D eigenvalue weighted by Crippen LogP contribution is -2.18. The summed E-state index contributed by atoms with van der Waals surface area (Å²) >= 11 is 0. The second-order valence-corrected chi connectivity index (χ2v) is 8.41. The molecule has 4 nitrogen and oxygen atoms in total.